The number of aromatic nitrogens is 2. The summed E-state index contributed by atoms with van der Waals surface area (Å²) in [6, 6.07) is 0.683. The molecule has 4 unspecified atom stereocenters. The molecule has 0 aliphatic heterocycles. The fraction of sp³-hybridized carbons (Fsp3) is 0.800. The molecular weight excluding hydrogens is 222 g/mol. The average molecular weight is 249 g/mol. The lowest BCUT2D eigenvalue weighted by Crippen LogP contribution is -2.28. The van der Waals surface area contributed by atoms with Crippen LogP contribution >= 0.6 is 0 Å². The second-order valence-electron chi connectivity index (χ2n) is 6.46. The van der Waals surface area contributed by atoms with Crippen molar-refractivity contribution in [1.29, 1.82) is 0 Å². The van der Waals surface area contributed by atoms with Crippen molar-refractivity contribution in [3.63, 3.8) is 0 Å². The normalized spacial score (nSPS) is 30.7. The van der Waals surface area contributed by atoms with Crippen molar-refractivity contribution in [3.05, 3.63) is 18.2 Å². The number of hydrogen-bond donors (Lipinski definition) is 1. The van der Waals surface area contributed by atoms with E-state index in [2.05, 4.69) is 37.2 Å². The summed E-state index contributed by atoms with van der Waals surface area (Å²) in [5, 5.41) is 0. The molecule has 3 heteroatoms. The maximum Gasteiger partial charge on any atom is 0.0951 e. The summed E-state index contributed by atoms with van der Waals surface area (Å²) in [5.41, 5.74) is 7.51. The van der Waals surface area contributed by atoms with Gasteiger partial charge in [-0.25, -0.2) is 4.98 Å². The fourth-order valence-electron chi connectivity index (χ4n) is 3.25. The Morgan fingerprint density at radius 2 is 2.06 bits per heavy atom. The number of imidazole rings is 1. The largest absolute Gasteiger partial charge is 0.330 e. The standard InChI is InChI=1S/C15H27N3/c1-10(2)15(16)14-8-17-9-18(14)13-6-5-11(3)7-12(13)4/h8-13,15H,5-7,16H2,1-4H3. The van der Waals surface area contributed by atoms with E-state index in [9.17, 15) is 0 Å². The minimum atomic E-state index is 0.0963. The highest BCUT2D eigenvalue weighted by Crippen LogP contribution is 2.38. The molecule has 2 N–H and O–H groups in total. The first-order chi connectivity index (χ1) is 8.50. The summed E-state index contributed by atoms with van der Waals surface area (Å²) in [7, 11) is 0. The Morgan fingerprint density at radius 3 is 2.67 bits per heavy atom. The molecule has 0 amide bonds. The van der Waals surface area contributed by atoms with Crippen LogP contribution in [0.1, 0.15) is 64.7 Å². The van der Waals surface area contributed by atoms with Gasteiger partial charge in [-0.3, -0.25) is 0 Å². The van der Waals surface area contributed by atoms with Crippen LogP contribution < -0.4 is 5.73 Å². The van der Waals surface area contributed by atoms with Crippen LogP contribution in [0.2, 0.25) is 0 Å². The number of hydrogen-bond acceptors (Lipinski definition) is 2. The summed E-state index contributed by atoms with van der Waals surface area (Å²) < 4.78 is 2.35. The number of nitrogens with zero attached hydrogens (tertiary/aromatic N) is 2. The summed E-state index contributed by atoms with van der Waals surface area (Å²) in [6.07, 6.45) is 7.84. The lowest BCUT2D eigenvalue weighted by Gasteiger charge is -2.35. The van der Waals surface area contributed by atoms with Crippen LogP contribution in [-0.4, -0.2) is 9.55 Å². The Kier molecular flexibility index (Phi) is 4.10. The predicted molar refractivity (Wildman–Crippen MR) is 75.2 cm³/mol. The van der Waals surface area contributed by atoms with Gasteiger partial charge in [0.25, 0.3) is 0 Å². The Bertz CT molecular complexity index is 383. The van der Waals surface area contributed by atoms with Crippen molar-refractivity contribution < 1.29 is 0 Å². The molecule has 1 aromatic heterocycles. The van der Waals surface area contributed by atoms with Gasteiger partial charge in [0.15, 0.2) is 0 Å². The van der Waals surface area contributed by atoms with Crippen LogP contribution in [0.4, 0.5) is 0 Å². The highest BCUT2D eigenvalue weighted by atomic mass is 15.1. The quantitative estimate of drug-likeness (QED) is 0.890. The van der Waals surface area contributed by atoms with Crippen LogP contribution in [-0.2, 0) is 0 Å². The Morgan fingerprint density at radius 1 is 1.33 bits per heavy atom. The van der Waals surface area contributed by atoms with E-state index in [1.165, 1.54) is 25.0 Å². The minimum absolute atomic E-state index is 0.0963. The van der Waals surface area contributed by atoms with E-state index in [0.29, 0.717) is 12.0 Å². The van der Waals surface area contributed by atoms with E-state index in [-0.39, 0.29) is 6.04 Å². The Hall–Kier alpha value is -0.830. The highest BCUT2D eigenvalue weighted by Gasteiger charge is 2.29. The van der Waals surface area contributed by atoms with Gasteiger partial charge >= 0.3 is 0 Å². The van der Waals surface area contributed by atoms with E-state index < -0.39 is 0 Å². The molecule has 1 aromatic rings. The van der Waals surface area contributed by atoms with E-state index in [1.54, 1.807) is 0 Å². The van der Waals surface area contributed by atoms with Crippen molar-refractivity contribution in [2.45, 2.75) is 59.0 Å². The highest BCUT2D eigenvalue weighted by molar-refractivity contribution is 5.08. The Labute approximate surface area is 111 Å². The summed E-state index contributed by atoms with van der Waals surface area (Å²) in [4.78, 5) is 4.34. The smallest absolute Gasteiger partial charge is 0.0951 e. The first-order valence-corrected chi connectivity index (χ1v) is 7.28. The lowest BCUT2D eigenvalue weighted by atomic mass is 9.79. The molecule has 102 valence electrons. The van der Waals surface area contributed by atoms with Crippen molar-refractivity contribution in [3.8, 4) is 0 Å². The third kappa shape index (κ3) is 2.61. The van der Waals surface area contributed by atoms with Crippen molar-refractivity contribution in [1.82, 2.24) is 9.55 Å². The van der Waals surface area contributed by atoms with Gasteiger partial charge in [-0.1, -0.05) is 27.7 Å². The molecule has 1 aliphatic carbocycles. The van der Waals surface area contributed by atoms with Crippen molar-refractivity contribution >= 4 is 0 Å². The molecule has 18 heavy (non-hydrogen) atoms. The zero-order valence-corrected chi connectivity index (χ0v) is 12.1. The van der Waals surface area contributed by atoms with E-state index in [4.69, 9.17) is 5.73 Å². The Balaban J connectivity index is 2.21. The maximum absolute atomic E-state index is 6.30. The molecule has 2 rings (SSSR count). The van der Waals surface area contributed by atoms with E-state index >= 15 is 0 Å². The SMILES string of the molecule is CC1CCC(n2cncc2C(N)C(C)C)C(C)C1. The monoisotopic (exact) mass is 249 g/mol. The van der Waals surface area contributed by atoms with Crippen LogP contribution in [0, 0.1) is 17.8 Å². The second-order valence-corrected chi connectivity index (χ2v) is 6.46. The van der Waals surface area contributed by atoms with Crippen LogP contribution in [0.5, 0.6) is 0 Å². The topological polar surface area (TPSA) is 43.8 Å². The molecule has 0 radical (unpaired) electrons. The second kappa shape index (κ2) is 5.43. The van der Waals surface area contributed by atoms with Gasteiger partial charge in [-0.15, -0.1) is 0 Å². The van der Waals surface area contributed by atoms with E-state index in [0.717, 1.165) is 11.8 Å². The fourth-order valence-corrected chi connectivity index (χ4v) is 3.25. The minimum Gasteiger partial charge on any atom is -0.330 e. The lowest BCUT2D eigenvalue weighted by molar-refractivity contribution is 0.201. The summed E-state index contributed by atoms with van der Waals surface area (Å²) >= 11 is 0. The third-order valence-electron chi connectivity index (χ3n) is 4.50. The molecule has 4 atom stereocenters. The molecule has 0 bridgehead atoms. The zero-order valence-electron chi connectivity index (χ0n) is 12.1. The first kappa shape index (κ1) is 13.6. The molecular formula is C15H27N3. The van der Waals surface area contributed by atoms with Crippen LogP contribution in [0.25, 0.3) is 0 Å². The van der Waals surface area contributed by atoms with Gasteiger partial charge in [0.2, 0.25) is 0 Å². The summed E-state index contributed by atoms with van der Waals surface area (Å²) in [5.74, 6) is 2.04. The van der Waals surface area contributed by atoms with Gasteiger partial charge in [0.1, 0.15) is 0 Å². The van der Waals surface area contributed by atoms with E-state index in [1.807, 2.05) is 12.5 Å². The molecule has 0 saturated heterocycles. The number of nitrogens with two attached hydrogens (primary N) is 1. The van der Waals surface area contributed by atoms with Gasteiger partial charge in [-0.2, -0.15) is 0 Å². The van der Waals surface area contributed by atoms with Crippen LogP contribution in [0.3, 0.4) is 0 Å². The first-order valence-electron chi connectivity index (χ1n) is 7.28. The molecule has 1 fully saturated rings. The zero-order chi connectivity index (χ0) is 13.3. The van der Waals surface area contributed by atoms with Gasteiger partial charge in [0.05, 0.1) is 12.0 Å². The van der Waals surface area contributed by atoms with Gasteiger partial charge < -0.3 is 10.3 Å². The van der Waals surface area contributed by atoms with Crippen molar-refractivity contribution in [2.24, 2.45) is 23.5 Å². The van der Waals surface area contributed by atoms with Gasteiger partial charge in [-0.05, 0) is 37.0 Å². The van der Waals surface area contributed by atoms with Crippen molar-refractivity contribution in [2.75, 3.05) is 0 Å². The molecule has 1 aliphatic rings. The maximum atomic E-state index is 6.30. The summed E-state index contributed by atoms with van der Waals surface area (Å²) in [6.45, 7) is 9.08. The molecule has 0 aromatic carbocycles. The average Bonchev–Trinajstić information content (AvgIpc) is 2.76. The molecule has 1 saturated carbocycles. The predicted octanol–water partition coefficient (Wildman–Crippen LogP) is 3.54. The number of rotatable bonds is 3. The molecule has 1 heterocycles. The van der Waals surface area contributed by atoms with Crippen LogP contribution in [0.15, 0.2) is 12.5 Å². The molecule has 0 spiro atoms. The third-order valence-corrected chi connectivity index (χ3v) is 4.50. The molecule has 3 nitrogen and oxygen atoms in total. The van der Waals surface area contributed by atoms with Gasteiger partial charge in [0, 0.05) is 18.3 Å².